The van der Waals surface area contributed by atoms with Crippen LogP contribution in [-0.4, -0.2) is 40.8 Å². The number of nitrogens with zero attached hydrogens (tertiary/aromatic N) is 3. The third-order valence-electron chi connectivity index (χ3n) is 5.56. The molecule has 4 rings (SSSR count). The van der Waals surface area contributed by atoms with Gasteiger partial charge in [-0.3, -0.25) is 4.90 Å². The van der Waals surface area contributed by atoms with Crippen LogP contribution < -0.4 is 4.74 Å². The number of hydrogen-bond donors (Lipinski definition) is 0. The molecule has 4 nitrogen and oxygen atoms in total. The highest BCUT2D eigenvalue weighted by Gasteiger charge is 2.20. The van der Waals surface area contributed by atoms with Crippen LogP contribution in [0, 0.1) is 0 Å². The molecule has 2 aromatic carbocycles. The highest BCUT2D eigenvalue weighted by atomic mass is 32.2. The molecule has 1 saturated heterocycles. The summed E-state index contributed by atoms with van der Waals surface area (Å²) in [5.74, 6) is 1.79. The minimum Gasteiger partial charge on any atom is -0.494 e. The second-order valence-electron chi connectivity index (χ2n) is 7.74. The first-order chi connectivity index (χ1) is 15.3. The van der Waals surface area contributed by atoms with Gasteiger partial charge in [-0.15, -0.1) is 16.8 Å². The molecule has 0 unspecified atom stereocenters. The second kappa shape index (κ2) is 11.1. The van der Waals surface area contributed by atoms with Crippen molar-refractivity contribution in [1.29, 1.82) is 0 Å². The highest BCUT2D eigenvalue weighted by molar-refractivity contribution is 7.98. The number of likely N-dealkylation sites (tertiary alicyclic amines) is 1. The van der Waals surface area contributed by atoms with E-state index in [9.17, 15) is 0 Å². The standard InChI is InChI=1S/C26H29N3OS/c1-2-23-10-6-17-29(23)18-7-19-30-24-13-11-22(12-14-24)25-15-16-26(28-27-25)31-20-21-8-4-3-5-9-21/h2-5,8-9,11-16,23H,1,6-7,10,17-20H2/t23-/m1/s1. The Labute approximate surface area is 189 Å². The van der Waals surface area contributed by atoms with Gasteiger partial charge in [-0.2, -0.15) is 0 Å². The molecular formula is C26H29N3OS. The summed E-state index contributed by atoms with van der Waals surface area (Å²) in [5.41, 5.74) is 3.21. The van der Waals surface area contributed by atoms with Crippen molar-refractivity contribution in [3.8, 4) is 17.0 Å². The van der Waals surface area contributed by atoms with Crippen LogP contribution in [0.4, 0.5) is 0 Å². The number of benzene rings is 2. The Bertz CT molecular complexity index is 945. The average molecular weight is 432 g/mol. The summed E-state index contributed by atoms with van der Waals surface area (Å²) in [6.07, 6.45) is 5.61. The quantitative estimate of drug-likeness (QED) is 0.228. The molecule has 3 aromatic rings. The van der Waals surface area contributed by atoms with Gasteiger partial charge in [0.25, 0.3) is 0 Å². The first-order valence-electron chi connectivity index (χ1n) is 10.9. The number of hydrogen-bond acceptors (Lipinski definition) is 5. The van der Waals surface area contributed by atoms with Gasteiger partial charge in [0.1, 0.15) is 10.8 Å². The lowest BCUT2D eigenvalue weighted by molar-refractivity contribution is 0.242. The molecule has 160 valence electrons. The van der Waals surface area contributed by atoms with E-state index in [1.165, 1.54) is 24.9 Å². The summed E-state index contributed by atoms with van der Waals surface area (Å²) in [6.45, 7) is 6.92. The monoisotopic (exact) mass is 431 g/mol. The Kier molecular flexibility index (Phi) is 7.75. The number of aromatic nitrogens is 2. The second-order valence-corrected chi connectivity index (χ2v) is 8.73. The fraction of sp³-hybridized carbons (Fsp3) is 0.308. The van der Waals surface area contributed by atoms with Crippen molar-refractivity contribution in [2.24, 2.45) is 0 Å². The van der Waals surface area contributed by atoms with Crippen LogP contribution in [0.2, 0.25) is 0 Å². The van der Waals surface area contributed by atoms with Gasteiger partial charge in [-0.1, -0.05) is 48.2 Å². The minimum absolute atomic E-state index is 0.545. The molecule has 5 heteroatoms. The Morgan fingerprint density at radius 1 is 1.03 bits per heavy atom. The first-order valence-corrected chi connectivity index (χ1v) is 11.9. The summed E-state index contributed by atoms with van der Waals surface area (Å²) in [5, 5.41) is 9.71. The predicted molar refractivity (Wildman–Crippen MR) is 128 cm³/mol. The van der Waals surface area contributed by atoms with Gasteiger partial charge < -0.3 is 4.74 Å². The number of rotatable bonds is 10. The molecule has 0 saturated carbocycles. The van der Waals surface area contributed by atoms with Gasteiger partial charge >= 0.3 is 0 Å². The lowest BCUT2D eigenvalue weighted by Crippen LogP contribution is -2.29. The minimum atomic E-state index is 0.545. The molecule has 0 radical (unpaired) electrons. The summed E-state index contributed by atoms with van der Waals surface area (Å²) < 4.78 is 5.93. The van der Waals surface area contributed by atoms with Crippen molar-refractivity contribution in [3.05, 3.63) is 84.9 Å². The lowest BCUT2D eigenvalue weighted by Gasteiger charge is -2.21. The van der Waals surface area contributed by atoms with Gasteiger partial charge in [0, 0.05) is 23.9 Å². The van der Waals surface area contributed by atoms with Crippen molar-refractivity contribution in [2.45, 2.75) is 36.1 Å². The molecule has 1 aliphatic rings. The molecule has 1 fully saturated rings. The smallest absolute Gasteiger partial charge is 0.119 e. The van der Waals surface area contributed by atoms with E-state index in [1.807, 2.05) is 42.5 Å². The van der Waals surface area contributed by atoms with E-state index < -0.39 is 0 Å². The molecule has 0 amide bonds. The van der Waals surface area contributed by atoms with Gasteiger partial charge in [0.05, 0.1) is 12.3 Å². The molecular weight excluding hydrogens is 402 g/mol. The molecule has 1 aliphatic heterocycles. The SMILES string of the molecule is C=C[C@@H]1CCCN1CCCOc1ccc(-c2ccc(SCc3ccccc3)nn2)cc1. The third kappa shape index (κ3) is 6.18. The zero-order chi connectivity index (χ0) is 21.3. The van der Waals surface area contributed by atoms with E-state index in [-0.39, 0.29) is 0 Å². The van der Waals surface area contributed by atoms with Crippen LogP contribution in [0.5, 0.6) is 5.75 Å². The Balaban J connectivity index is 1.23. The zero-order valence-corrected chi connectivity index (χ0v) is 18.6. The number of ether oxygens (including phenoxy) is 1. The average Bonchev–Trinajstić information content (AvgIpc) is 3.29. The van der Waals surface area contributed by atoms with Gasteiger partial charge in [0.2, 0.25) is 0 Å². The van der Waals surface area contributed by atoms with Gasteiger partial charge in [0.15, 0.2) is 0 Å². The molecule has 1 aromatic heterocycles. The summed E-state index contributed by atoms with van der Waals surface area (Å²) in [6, 6.07) is 23.1. The van der Waals surface area contributed by atoms with Crippen LogP contribution in [0.1, 0.15) is 24.8 Å². The fourth-order valence-corrected chi connectivity index (χ4v) is 4.63. The van der Waals surface area contributed by atoms with Gasteiger partial charge in [-0.25, -0.2) is 0 Å². The normalized spacial score (nSPS) is 16.3. The van der Waals surface area contributed by atoms with Crippen molar-refractivity contribution in [1.82, 2.24) is 15.1 Å². The largest absolute Gasteiger partial charge is 0.494 e. The van der Waals surface area contributed by atoms with E-state index in [0.717, 1.165) is 47.4 Å². The highest BCUT2D eigenvalue weighted by Crippen LogP contribution is 2.24. The van der Waals surface area contributed by atoms with E-state index >= 15 is 0 Å². The topological polar surface area (TPSA) is 38.2 Å². The van der Waals surface area contributed by atoms with Crippen LogP contribution >= 0.6 is 11.8 Å². The lowest BCUT2D eigenvalue weighted by atomic mass is 10.1. The van der Waals surface area contributed by atoms with Crippen molar-refractivity contribution >= 4 is 11.8 Å². The molecule has 31 heavy (non-hydrogen) atoms. The van der Waals surface area contributed by atoms with E-state index in [1.54, 1.807) is 11.8 Å². The summed E-state index contributed by atoms with van der Waals surface area (Å²) in [4.78, 5) is 2.50. The van der Waals surface area contributed by atoms with Crippen molar-refractivity contribution < 1.29 is 4.74 Å². The third-order valence-corrected chi connectivity index (χ3v) is 6.56. The van der Waals surface area contributed by atoms with Crippen LogP contribution in [0.25, 0.3) is 11.3 Å². The van der Waals surface area contributed by atoms with E-state index in [0.29, 0.717) is 6.04 Å². The van der Waals surface area contributed by atoms with E-state index in [4.69, 9.17) is 4.74 Å². The van der Waals surface area contributed by atoms with E-state index in [2.05, 4.69) is 52.0 Å². The molecule has 2 heterocycles. The molecule has 1 atom stereocenters. The van der Waals surface area contributed by atoms with Crippen molar-refractivity contribution in [2.75, 3.05) is 19.7 Å². The Morgan fingerprint density at radius 2 is 1.87 bits per heavy atom. The maximum absolute atomic E-state index is 5.93. The molecule has 0 bridgehead atoms. The van der Waals surface area contributed by atoms with Gasteiger partial charge in [-0.05, 0) is 67.8 Å². The van der Waals surface area contributed by atoms with Crippen LogP contribution in [0.15, 0.2) is 84.4 Å². The maximum Gasteiger partial charge on any atom is 0.119 e. The molecule has 0 aliphatic carbocycles. The Morgan fingerprint density at radius 3 is 2.61 bits per heavy atom. The first kappa shape index (κ1) is 21.6. The summed E-state index contributed by atoms with van der Waals surface area (Å²) >= 11 is 1.70. The molecule has 0 N–H and O–H groups in total. The Hall–Kier alpha value is -2.63. The molecule has 0 spiro atoms. The van der Waals surface area contributed by atoms with Crippen LogP contribution in [-0.2, 0) is 5.75 Å². The maximum atomic E-state index is 5.93. The van der Waals surface area contributed by atoms with Crippen molar-refractivity contribution in [3.63, 3.8) is 0 Å². The zero-order valence-electron chi connectivity index (χ0n) is 17.8. The summed E-state index contributed by atoms with van der Waals surface area (Å²) in [7, 11) is 0. The van der Waals surface area contributed by atoms with Crippen LogP contribution in [0.3, 0.4) is 0 Å². The predicted octanol–water partition coefficient (Wildman–Crippen LogP) is 5.86. The number of thioether (sulfide) groups is 1. The fourth-order valence-electron chi connectivity index (χ4n) is 3.86.